The molecule has 0 fully saturated rings. The molecule has 1 rings (SSSR count). The van der Waals surface area contributed by atoms with Crippen LogP contribution in [0.2, 0.25) is 0 Å². The van der Waals surface area contributed by atoms with E-state index in [1.165, 1.54) is 0 Å². The number of rotatable bonds is 3. The summed E-state index contributed by atoms with van der Waals surface area (Å²) in [6, 6.07) is -0.348. The number of urea groups is 1. The topological polar surface area (TPSA) is 89.9 Å². The first-order valence-corrected chi connectivity index (χ1v) is 4.70. The van der Waals surface area contributed by atoms with Gasteiger partial charge in [-0.1, -0.05) is 12.2 Å². The molecule has 0 aromatic rings. The number of carboxylic acids is 1. The lowest BCUT2D eigenvalue weighted by Gasteiger charge is -2.23. The van der Waals surface area contributed by atoms with Crippen molar-refractivity contribution in [2.75, 3.05) is 19.6 Å². The number of aliphatic hydroxyl groups is 1. The van der Waals surface area contributed by atoms with Gasteiger partial charge in [-0.05, 0) is 6.42 Å². The van der Waals surface area contributed by atoms with Gasteiger partial charge in [-0.25, -0.2) is 9.59 Å². The Morgan fingerprint density at radius 1 is 1.47 bits per heavy atom. The second kappa shape index (κ2) is 5.35. The number of aliphatic hydroxyl groups excluding tert-OH is 1. The number of amides is 2. The fourth-order valence-corrected chi connectivity index (χ4v) is 1.21. The van der Waals surface area contributed by atoms with Crippen LogP contribution in [0.5, 0.6) is 0 Å². The van der Waals surface area contributed by atoms with Gasteiger partial charge in [-0.2, -0.15) is 0 Å². The van der Waals surface area contributed by atoms with Crippen molar-refractivity contribution in [2.24, 2.45) is 0 Å². The number of hydrogen-bond donors (Lipinski definition) is 3. The number of nitrogens with one attached hydrogen (secondary N) is 1. The van der Waals surface area contributed by atoms with Gasteiger partial charge in [-0.3, -0.25) is 0 Å². The Balaban J connectivity index is 2.29. The molecule has 0 saturated carbocycles. The largest absolute Gasteiger partial charge is 0.479 e. The minimum Gasteiger partial charge on any atom is -0.479 e. The maximum Gasteiger partial charge on any atom is 0.334 e. The van der Waals surface area contributed by atoms with Crippen LogP contribution < -0.4 is 5.32 Å². The highest BCUT2D eigenvalue weighted by Crippen LogP contribution is 2.00. The van der Waals surface area contributed by atoms with Crippen molar-refractivity contribution in [3.63, 3.8) is 0 Å². The molecule has 1 aliphatic heterocycles. The number of carbonyl (C=O) groups is 2. The van der Waals surface area contributed by atoms with Gasteiger partial charge in [0.25, 0.3) is 0 Å². The molecule has 0 aliphatic carbocycles. The lowest BCUT2D eigenvalue weighted by Crippen LogP contribution is -2.45. The second-order valence-electron chi connectivity index (χ2n) is 3.25. The van der Waals surface area contributed by atoms with Gasteiger partial charge in [0.2, 0.25) is 0 Å². The number of hydrogen-bond acceptors (Lipinski definition) is 3. The van der Waals surface area contributed by atoms with E-state index in [0.29, 0.717) is 13.1 Å². The van der Waals surface area contributed by atoms with Crippen molar-refractivity contribution in [2.45, 2.75) is 12.5 Å². The number of carboxylic acid groups (broad SMARTS) is 1. The van der Waals surface area contributed by atoms with Crippen LogP contribution >= 0.6 is 0 Å². The van der Waals surface area contributed by atoms with Gasteiger partial charge in [0.05, 0.1) is 6.54 Å². The first-order valence-electron chi connectivity index (χ1n) is 4.70. The van der Waals surface area contributed by atoms with Gasteiger partial charge in [0, 0.05) is 13.1 Å². The Bertz CT molecular complexity index is 277. The van der Waals surface area contributed by atoms with E-state index < -0.39 is 12.1 Å². The third-order valence-corrected chi connectivity index (χ3v) is 2.08. The normalized spacial score (nSPS) is 17.3. The van der Waals surface area contributed by atoms with E-state index in [4.69, 9.17) is 10.2 Å². The third kappa shape index (κ3) is 3.59. The molecule has 6 heteroatoms. The molecule has 0 spiro atoms. The van der Waals surface area contributed by atoms with Crippen LogP contribution in [-0.2, 0) is 4.79 Å². The van der Waals surface area contributed by atoms with E-state index in [0.717, 1.165) is 6.42 Å². The Morgan fingerprint density at radius 2 is 2.20 bits per heavy atom. The number of carbonyl (C=O) groups excluding carboxylic acids is 1. The lowest BCUT2D eigenvalue weighted by atomic mass is 10.2. The highest BCUT2D eigenvalue weighted by atomic mass is 16.4. The summed E-state index contributed by atoms with van der Waals surface area (Å²) in [5.74, 6) is -1.34. The SMILES string of the molecule is O=C(O)C(O)CNC(=O)N1CC=CCC1. The molecule has 1 atom stereocenters. The van der Waals surface area contributed by atoms with E-state index in [1.54, 1.807) is 4.90 Å². The van der Waals surface area contributed by atoms with Crippen LogP contribution in [0.1, 0.15) is 6.42 Å². The molecule has 0 saturated heterocycles. The zero-order chi connectivity index (χ0) is 11.3. The van der Waals surface area contributed by atoms with Crippen molar-refractivity contribution in [3.8, 4) is 0 Å². The van der Waals surface area contributed by atoms with E-state index in [2.05, 4.69) is 5.32 Å². The molecule has 0 aromatic carbocycles. The van der Waals surface area contributed by atoms with Crippen LogP contribution in [-0.4, -0.2) is 52.9 Å². The fraction of sp³-hybridized carbons (Fsp3) is 0.556. The Morgan fingerprint density at radius 3 is 2.73 bits per heavy atom. The van der Waals surface area contributed by atoms with E-state index in [-0.39, 0.29) is 12.6 Å². The van der Waals surface area contributed by atoms with Crippen molar-refractivity contribution in [3.05, 3.63) is 12.2 Å². The molecule has 2 amide bonds. The summed E-state index contributed by atoms with van der Waals surface area (Å²) in [4.78, 5) is 23.2. The van der Waals surface area contributed by atoms with Crippen molar-refractivity contribution < 1.29 is 19.8 Å². The summed E-state index contributed by atoms with van der Waals surface area (Å²) in [6.07, 6.45) is 3.11. The fourth-order valence-electron chi connectivity index (χ4n) is 1.21. The standard InChI is InChI=1S/C9H14N2O4/c12-7(8(13)14)6-10-9(15)11-4-2-1-3-5-11/h1-2,7,12H,3-6H2,(H,10,15)(H,13,14). The number of aliphatic carboxylic acids is 1. The quantitative estimate of drug-likeness (QED) is 0.547. The monoisotopic (exact) mass is 214 g/mol. The molecule has 1 unspecified atom stereocenters. The van der Waals surface area contributed by atoms with Crippen LogP contribution in [0.3, 0.4) is 0 Å². The van der Waals surface area contributed by atoms with Crippen LogP contribution in [0.25, 0.3) is 0 Å². The first-order chi connectivity index (χ1) is 7.11. The molecule has 1 heterocycles. The molecular formula is C9H14N2O4. The van der Waals surface area contributed by atoms with E-state index in [9.17, 15) is 9.59 Å². The molecule has 0 aromatic heterocycles. The van der Waals surface area contributed by atoms with Gasteiger partial charge in [0.1, 0.15) is 0 Å². The maximum atomic E-state index is 11.4. The van der Waals surface area contributed by atoms with Crippen molar-refractivity contribution in [1.82, 2.24) is 10.2 Å². The van der Waals surface area contributed by atoms with Crippen LogP contribution in [0, 0.1) is 0 Å². The smallest absolute Gasteiger partial charge is 0.334 e. The minimum atomic E-state index is -1.55. The van der Waals surface area contributed by atoms with Gasteiger partial charge < -0.3 is 20.4 Å². The first kappa shape index (κ1) is 11.5. The summed E-state index contributed by atoms with van der Waals surface area (Å²) >= 11 is 0. The Kier molecular flexibility index (Phi) is 4.11. The number of nitrogens with zero attached hydrogens (tertiary/aromatic N) is 1. The zero-order valence-electron chi connectivity index (χ0n) is 8.22. The zero-order valence-corrected chi connectivity index (χ0v) is 8.22. The summed E-state index contributed by atoms with van der Waals surface area (Å²) in [5.41, 5.74) is 0. The summed E-state index contributed by atoms with van der Waals surface area (Å²) in [5, 5.41) is 19.7. The molecule has 15 heavy (non-hydrogen) atoms. The molecule has 3 N–H and O–H groups in total. The van der Waals surface area contributed by atoms with Crippen LogP contribution in [0.15, 0.2) is 12.2 Å². The average Bonchev–Trinajstić information content (AvgIpc) is 2.26. The van der Waals surface area contributed by atoms with Crippen molar-refractivity contribution in [1.29, 1.82) is 0 Å². The summed E-state index contributed by atoms with van der Waals surface area (Å²) in [6.45, 7) is 0.870. The predicted octanol–water partition coefficient (Wildman–Crippen LogP) is -0.597. The second-order valence-corrected chi connectivity index (χ2v) is 3.25. The minimum absolute atomic E-state index is 0.269. The van der Waals surface area contributed by atoms with E-state index >= 15 is 0 Å². The summed E-state index contributed by atoms with van der Waals surface area (Å²) in [7, 11) is 0. The third-order valence-electron chi connectivity index (χ3n) is 2.08. The van der Waals surface area contributed by atoms with Gasteiger partial charge in [-0.15, -0.1) is 0 Å². The molecular weight excluding hydrogens is 200 g/mol. The maximum absolute atomic E-state index is 11.4. The molecule has 6 nitrogen and oxygen atoms in total. The van der Waals surface area contributed by atoms with Crippen molar-refractivity contribution >= 4 is 12.0 Å². The molecule has 0 radical (unpaired) electrons. The molecule has 84 valence electrons. The van der Waals surface area contributed by atoms with Gasteiger partial charge in [0.15, 0.2) is 6.10 Å². The average molecular weight is 214 g/mol. The lowest BCUT2D eigenvalue weighted by molar-refractivity contribution is -0.146. The van der Waals surface area contributed by atoms with Crippen LogP contribution in [0.4, 0.5) is 4.79 Å². The highest BCUT2D eigenvalue weighted by molar-refractivity contribution is 5.77. The van der Waals surface area contributed by atoms with Gasteiger partial charge >= 0.3 is 12.0 Å². The molecule has 0 bridgehead atoms. The highest BCUT2D eigenvalue weighted by Gasteiger charge is 2.17. The predicted molar refractivity (Wildman–Crippen MR) is 52.4 cm³/mol. The Labute approximate surface area is 87.2 Å². The Hall–Kier alpha value is -1.56. The summed E-state index contributed by atoms with van der Waals surface area (Å²) < 4.78 is 0. The molecule has 1 aliphatic rings. The van der Waals surface area contributed by atoms with E-state index in [1.807, 2.05) is 12.2 Å².